The highest BCUT2D eigenvalue weighted by Gasteiger charge is 2.19. The number of amides is 2. The summed E-state index contributed by atoms with van der Waals surface area (Å²) in [6.07, 6.45) is 8.37. The van der Waals surface area contributed by atoms with Crippen molar-refractivity contribution in [1.82, 2.24) is 20.2 Å². The number of aromatic nitrogens is 2. The van der Waals surface area contributed by atoms with Crippen LogP contribution in [0.2, 0.25) is 0 Å². The fourth-order valence-corrected chi connectivity index (χ4v) is 3.64. The van der Waals surface area contributed by atoms with E-state index < -0.39 is 0 Å². The zero-order valence-corrected chi connectivity index (χ0v) is 17.1. The average Bonchev–Trinajstić information content (AvgIpc) is 2.79. The zero-order valence-electron chi connectivity index (χ0n) is 17.1. The van der Waals surface area contributed by atoms with Gasteiger partial charge < -0.3 is 15.1 Å². The monoisotopic (exact) mass is 414 g/mol. The number of carbonyl (C=O) groups excluding carboxylic acids is 2. The normalized spacial score (nSPS) is 14.3. The molecule has 2 heterocycles. The van der Waals surface area contributed by atoms with E-state index in [0.717, 1.165) is 12.1 Å². The summed E-state index contributed by atoms with van der Waals surface area (Å²) in [6.45, 7) is 4.44. The smallest absolute Gasteiger partial charge is 0.274 e. The molecule has 1 aliphatic rings. The highest BCUT2D eigenvalue weighted by atomic mass is 19.1. The van der Waals surface area contributed by atoms with E-state index in [1.807, 2.05) is 0 Å². The molecule has 0 unspecified atom stereocenters. The largest absolute Gasteiger partial charge is 0.350 e. The van der Waals surface area contributed by atoms with Crippen LogP contribution in [0.25, 0.3) is 0 Å². The summed E-state index contributed by atoms with van der Waals surface area (Å²) in [5, 5.41) is 2.96. The van der Waals surface area contributed by atoms with E-state index >= 15 is 0 Å². The first-order valence-corrected chi connectivity index (χ1v) is 10.5. The molecule has 0 aliphatic carbocycles. The zero-order chi connectivity index (χ0) is 21.2. The molecule has 2 N–H and O–H groups in total. The Morgan fingerprint density at radius 3 is 2.57 bits per heavy atom. The molecule has 0 bridgehead atoms. The van der Waals surface area contributed by atoms with Crippen LogP contribution < -0.4 is 10.2 Å². The van der Waals surface area contributed by atoms with Crippen LogP contribution in [0, 0.1) is 5.82 Å². The highest BCUT2D eigenvalue weighted by molar-refractivity contribution is 5.92. The molecule has 2 amide bonds. The molecule has 160 valence electrons. The first-order valence-electron chi connectivity index (χ1n) is 10.5. The Morgan fingerprint density at radius 2 is 1.87 bits per heavy atom. The van der Waals surface area contributed by atoms with Gasteiger partial charge in [-0.2, -0.15) is 0 Å². The van der Waals surface area contributed by atoms with E-state index in [-0.39, 0.29) is 42.8 Å². The van der Waals surface area contributed by atoms with Gasteiger partial charge in [-0.25, -0.2) is 9.37 Å². The van der Waals surface area contributed by atoms with Crippen LogP contribution in [-0.2, 0) is 11.3 Å². The van der Waals surface area contributed by atoms with Crippen LogP contribution in [-0.4, -0.2) is 59.4 Å². The molecule has 7 nitrogen and oxygen atoms in total. The molecule has 1 aliphatic heterocycles. The molecule has 0 radical (unpaired) electrons. The minimum atomic E-state index is -0.333. The molecule has 8 heteroatoms. The molecular weight excluding hydrogens is 385 g/mol. The fourth-order valence-electron chi connectivity index (χ4n) is 3.64. The number of carbonyl (C=O) groups is 2. The van der Waals surface area contributed by atoms with Gasteiger partial charge in [-0.1, -0.05) is 12.1 Å². The van der Waals surface area contributed by atoms with Gasteiger partial charge >= 0.3 is 0 Å². The predicted molar refractivity (Wildman–Crippen MR) is 110 cm³/mol. The molecule has 0 saturated carbocycles. The number of nitrogens with one attached hydrogen (secondary N) is 2. The molecule has 30 heavy (non-hydrogen) atoms. The Labute approximate surface area is 176 Å². The van der Waals surface area contributed by atoms with Crippen molar-refractivity contribution >= 4 is 11.8 Å². The molecule has 0 spiro atoms. The summed E-state index contributed by atoms with van der Waals surface area (Å²) in [5.74, 6) is -0.721. The number of benzene rings is 1. The first kappa shape index (κ1) is 21.8. The van der Waals surface area contributed by atoms with Gasteiger partial charge in [0, 0.05) is 31.9 Å². The first-order chi connectivity index (χ1) is 14.6. The van der Waals surface area contributed by atoms with Gasteiger partial charge in [-0.05, 0) is 37.0 Å². The van der Waals surface area contributed by atoms with Crippen molar-refractivity contribution in [3.63, 3.8) is 0 Å². The summed E-state index contributed by atoms with van der Waals surface area (Å²) >= 11 is 0. The molecular formula is C22H29FN5O2+. The maximum absolute atomic E-state index is 13.2. The van der Waals surface area contributed by atoms with Crippen LogP contribution in [0.1, 0.15) is 41.7 Å². The van der Waals surface area contributed by atoms with Crippen molar-refractivity contribution in [3.05, 3.63) is 59.9 Å². The minimum Gasteiger partial charge on any atom is -0.350 e. The van der Waals surface area contributed by atoms with Crippen molar-refractivity contribution in [3.8, 4) is 0 Å². The number of rotatable bonds is 9. The Balaban J connectivity index is 1.54. The Bertz CT molecular complexity index is 810. The van der Waals surface area contributed by atoms with Gasteiger partial charge in [-0.3, -0.25) is 14.6 Å². The fraction of sp³-hybridized carbons (Fsp3) is 0.455. The van der Waals surface area contributed by atoms with Crippen molar-refractivity contribution in [2.75, 3.05) is 32.7 Å². The Morgan fingerprint density at radius 1 is 1.10 bits per heavy atom. The topological polar surface area (TPSA) is 79.6 Å². The lowest BCUT2D eigenvalue weighted by molar-refractivity contribution is -0.903. The number of quaternary nitrogens is 1. The van der Waals surface area contributed by atoms with Crippen LogP contribution >= 0.6 is 0 Å². The third kappa shape index (κ3) is 6.88. The summed E-state index contributed by atoms with van der Waals surface area (Å²) in [4.78, 5) is 36.3. The second-order valence-corrected chi connectivity index (χ2v) is 7.60. The predicted octanol–water partition coefficient (Wildman–Crippen LogP) is 0.833. The van der Waals surface area contributed by atoms with Gasteiger partial charge in [0.1, 0.15) is 11.5 Å². The van der Waals surface area contributed by atoms with Crippen LogP contribution in [0.15, 0.2) is 42.9 Å². The van der Waals surface area contributed by atoms with Crippen molar-refractivity contribution in [1.29, 1.82) is 0 Å². The second kappa shape index (κ2) is 11.3. The second-order valence-electron chi connectivity index (χ2n) is 7.60. The lowest BCUT2D eigenvalue weighted by Gasteiger charge is -2.24. The van der Waals surface area contributed by atoms with E-state index in [0.29, 0.717) is 6.54 Å². The molecule has 0 atom stereocenters. The number of halogens is 1. The number of piperidine rings is 1. The molecule has 3 rings (SSSR count). The molecule has 1 aromatic heterocycles. The highest BCUT2D eigenvalue weighted by Crippen LogP contribution is 2.10. The third-order valence-corrected chi connectivity index (χ3v) is 5.33. The van der Waals surface area contributed by atoms with Crippen molar-refractivity contribution < 1.29 is 18.9 Å². The van der Waals surface area contributed by atoms with E-state index in [9.17, 15) is 14.0 Å². The number of hydrogen-bond acceptors (Lipinski definition) is 4. The van der Waals surface area contributed by atoms with Gasteiger partial charge in [0.25, 0.3) is 5.91 Å². The van der Waals surface area contributed by atoms with E-state index in [1.54, 1.807) is 17.0 Å². The van der Waals surface area contributed by atoms with Crippen molar-refractivity contribution in [2.45, 2.75) is 32.2 Å². The number of hydrogen-bond donors (Lipinski definition) is 2. The third-order valence-electron chi connectivity index (χ3n) is 5.33. The summed E-state index contributed by atoms with van der Waals surface area (Å²) in [7, 11) is 0. The van der Waals surface area contributed by atoms with E-state index in [2.05, 4.69) is 15.3 Å². The van der Waals surface area contributed by atoms with Crippen LogP contribution in [0.4, 0.5) is 4.39 Å². The lowest BCUT2D eigenvalue weighted by Crippen LogP contribution is -3.13. The van der Waals surface area contributed by atoms with Gasteiger partial charge in [0.2, 0.25) is 5.91 Å². The Hall–Kier alpha value is -2.87. The van der Waals surface area contributed by atoms with Crippen LogP contribution in [0.5, 0.6) is 0 Å². The molecule has 1 fully saturated rings. The summed E-state index contributed by atoms with van der Waals surface area (Å²) < 4.78 is 13.2. The SMILES string of the molecule is O=C(CCN(Cc1ccc(F)cc1)C(=O)c1cnccn1)NCC[NH+]1CCCCC1. The molecule has 1 saturated heterocycles. The van der Waals surface area contributed by atoms with Crippen molar-refractivity contribution in [2.24, 2.45) is 0 Å². The molecule has 1 aromatic carbocycles. The standard InChI is InChI=1S/C22H28FN5O2/c23-19-6-4-18(5-7-19)17-28(22(30)20-16-24-9-10-25-20)14-8-21(29)26-11-15-27-12-2-1-3-13-27/h4-7,9-10,16H,1-3,8,11-15,17H2,(H,26,29)/p+1. The quantitative estimate of drug-likeness (QED) is 0.637. The van der Waals surface area contributed by atoms with E-state index in [1.165, 1.54) is 68.0 Å². The van der Waals surface area contributed by atoms with Gasteiger partial charge in [0.05, 0.1) is 32.4 Å². The maximum atomic E-state index is 13.2. The molecule has 2 aromatic rings. The van der Waals surface area contributed by atoms with Gasteiger partial charge in [0.15, 0.2) is 0 Å². The maximum Gasteiger partial charge on any atom is 0.274 e. The Kier molecular flexibility index (Phi) is 8.26. The van der Waals surface area contributed by atoms with Crippen LogP contribution in [0.3, 0.4) is 0 Å². The van der Waals surface area contributed by atoms with E-state index in [4.69, 9.17) is 0 Å². The summed E-state index contributed by atoms with van der Waals surface area (Å²) in [6, 6.07) is 5.98. The average molecular weight is 415 g/mol. The van der Waals surface area contributed by atoms with Gasteiger partial charge in [-0.15, -0.1) is 0 Å². The minimum absolute atomic E-state index is 0.0811. The number of nitrogens with zero attached hydrogens (tertiary/aromatic N) is 3. The number of likely N-dealkylation sites (tertiary alicyclic amines) is 1. The lowest BCUT2D eigenvalue weighted by atomic mass is 10.1. The summed E-state index contributed by atoms with van der Waals surface area (Å²) in [5.41, 5.74) is 0.997.